The summed E-state index contributed by atoms with van der Waals surface area (Å²) in [5.74, 6) is -0.413. The van der Waals surface area contributed by atoms with Crippen LogP contribution in [0, 0.1) is 6.92 Å². The van der Waals surface area contributed by atoms with Gasteiger partial charge in [-0.25, -0.2) is 4.39 Å². The molecule has 15 heavy (non-hydrogen) atoms. The number of alkyl halides is 1. The number of hydrogen-bond donors (Lipinski definition) is 0. The second-order valence-electron chi connectivity index (χ2n) is 4.16. The monoisotopic (exact) mass is 228 g/mol. The van der Waals surface area contributed by atoms with Crippen molar-refractivity contribution in [1.82, 2.24) is 0 Å². The van der Waals surface area contributed by atoms with Crippen LogP contribution in [0.5, 0.6) is 0 Å². The van der Waals surface area contributed by atoms with Crippen LogP contribution in [0.2, 0.25) is 5.02 Å². The maximum Gasteiger partial charge on any atom is 0.173 e. The fraction of sp³-hybridized carbons (Fsp3) is 0.417. The Labute approximate surface area is 94.3 Å². The molecule has 1 rings (SSSR count). The fourth-order valence-electron chi connectivity index (χ4n) is 1.21. The van der Waals surface area contributed by atoms with Crippen molar-refractivity contribution in [3.8, 4) is 0 Å². The van der Waals surface area contributed by atoms with Crippen LogP contribution in [0.3, 0.4) is 0 Å². The number of aryl methyl sites for hydroxylation is 1. The molecule has 0 radical (unpaired) electrons. The fourth-order valence-corrected chi connectivity index (χ4v) is 1.33. The Balaban J connectivity index is 2.83. The predicted molar refractivity (Wildman–Crippen MR) is 60.1 cm³/mol. The number of Topliss-reactive ketones (excluding diaryl/α,β-unsaturated/α-hetero) is 1. The van der Waals surface area contributed by atoms with Crippen LogP contribution in [-0.2, 0) is 11.2 Å². The molecule has 0 aromatic heterocycles. The number of carbonyl (C=O) groups excluding carboxylic acids is 1. The molecule has 0 atom stereocenters. The molecule has 0 bridgehead atoms. The molecule has 0 amide bonds. The van der Waals surface area contributed by atoms with E-state index in [0.717, 1.165) is 11.1 Å². The van der Waals surface area contributed by atoms with Crippen molar-refractivity contribution in [3.05, 3.63) is 34.3 Å². The first-order chi connectivity index (χ1) is 6.80. The number of hydrogen-bond acceptors (Lipinski definition) is 1. The van der Waals surface area contributed by atoms with Crippen molar-refractivity contribution < 1.29 is 9.18 Å². The summed E-state index contributed by atoms with van der Waals surface area (Å²) >= 11 is 5.85. The van der Waals surface area contributed by atoms with E-state index in [1.54, 1.807) is 12.1 Å². The van der Waals surface area contributed by atoms with Crippen molar-refractivity contribution in [3.63, 3.8) is 0 Å². The van der Waals surface area contributed by atoms with E-state index >= 15 is 0 Å². The quantitative estimate of drug-likeness (QED) is 0.774. The van der Waals surface area contributed by atoms with Gasteiger partial charge >= 0.3 is 0 Å². The van der Waals surface area contributed by atoms with Gasteiger partial charge in [0.15, 0.2) is 11.5 Å². The van der Waals surface area contributed by atoms with Crippen LogP contribution in [0.15, 0.2) is 18.2 Å². The Morgan fingerprint density at radius 2 is 2.07 bits per heavy atom. The highest BCUT2D eigenvalue weighted by atomic mass is 35.5. The molecule has 0 fully saturated rings. The van der Waals surface area contributed by atoms with Gasteiger partial charge in [0.05, 0.1) is 0 Å². The highest BCUT2D eigenvalue weighted by Crippen LogP contribution is 2.19. The molecule has 1 aromatic rings. The molecule has 0 saturated heterocycles. The topological polar surface area (TPSA) is 17.1 Å². The zero-order valence-corrected chi connectivity index (χ0v) is 9.86. The smallest absolute Gasteiger partial charge is 0.173 e. The van der Waals surface area contributed by atoms with Crippen LogP contribution >= 0.6 is 11.6 Å². The number of benzene rings is 1. The van der Waals surface area contributed by atoms with Crippen molar-refractivity contribution in [1.29, 1.82) is 0 Å². The van der Waals surface area contributed by atoms with Gasteiger partial charge in [0.2, 0.25) is 0 Å². The average Bonchev–Trinajstić information content (AvgIpc) is 2.10. The Morgan fingerprint density at radius 1 is 1.47 bits per heavy atom. The first-order valence-corrected chi connectivity index (χ1v) is 5.16. The van der Waals surface area contributed by atoms with Crippen LogP contribution < -0.4 is 0 Å². The average molecular weight is 229 g/mol. The molecule has 82 valence electrons. The molecule has 1 nitrogen and oxygen atoms in total. The van der Waals surface area contributed by atoms with Gasteiger partial charge in [-0.05, 0) is 38.0 Å². The minimum absolute atomic E-state index is 0.113. The molecule has 3 heteroatoms. The summed E-state index contributed by atoms with van der Waals surface area (Å²) in [6, 6.07) is 5.29. The maximum atomic E-state index is 13.3. The minimum atomic E-state index is -1.77. The third-order valence-corrected chi connectivity index (χ3v) is 2.67. The summed E-state index contributed by atoms with van der Waals surface area (Å²) in [6.07, 6.45) is 0.113. The number of rotatable bonds is 3. The number of ketones is 1. The lowest BCUT2D eigenvalue weighted by molar-refractivity contribution is -0.127. The van der Waals surface area contributed by atoms with Crippen molar-refractivity contribution in [2.75, 3.05) is 0 Å². The summed E-state index contributed by atoms with van der Waals surface area (Å²) in [5.41, 5.74) is -0.0701. The Bertz CT molecular complexity index is 380. The normalized spacial score (nSPS) is 11.5. The van der Waals surface area contributed by atoms with Gasteiger partial charge in [-0.15, -0.1) is 0 Å². The minimum Gasteiger partial charge on any atom is -0.296 e. The van der Waals surface area contributed by atoms with Gasteiger partial charge in [-0.2, -0.15) is 0 Å². The second kappa shape index (κ2) is 4.31. The SMILES string of the molecule is Cc1cc(CC(=O)C(C)(C)F)ccc1Cl. The van der Waals surface area contributed by atoms with Gasteiger partial charge in [0.1, 0.15) is 0 Å². The second-order valence-corrected chi connectivity index (χ2v) is 4.56. The van der Waals surface area contributed by atoms with E-state index in [4.69, 9.17) is 11.6 Å². The molecule has 1 aromatic carbocycles. The van der Waals surface area contributed by atoms with Gasteiger partial charge in [0.25, 0.3) is 0 Å². The van der Waals surface area contributed by atoms with E-state index in [9.17, 15) is 9.18 Å². The lowest BCUT2D eigenvalue weighted by atomic mass is 9.98. The highest BCUT2D eigenvalue weighted by molar-refractivity contribution is 6.31. The molecule has 0 saturated carbocycles. The van der Waals surface area contributed by atoms with E-state index in [2.05, 4.69) is 0 Å². The van der Waals surface area contributed by atoms with Crippen molar-refractivity contribution >= 4 is 17.4 Å². The van der Waals surface area contributed by atoms with Gasteiger partial charge in [-0.3, -0.25) is 4.79 Å². The zero-order chi connectivity index (χ0) is 11.6. The number of halogens is 2. The summed E-state index contributed by atoms with van der Waals surface area (Å²) < 4.78 is 13.3. The van der Waals surface area contributed by atoms with E-state index in [-0.39, 0.29) is 6.42 Å². The third-order valence-electron chi connectivity index (χ3n) is 2.25. The van der Waals surface area contributed by atoms with E-state index in [1.807, 2.05) is 13.0 Å². The van der Waals surface area contributed by atoms with Gasteiger partial charge < -0.3 is 0 Å². The summed E-state index contributed by atoms with van der Waals surface area (Å²) in [5, 5.41) is 0.658. The summed E-state index contributed by atoms with van der Waals surface area (Å²) in [4.78, 5) is 11.4. The summed E-state index contributed by atoms with van der Waals surface area (Å²) in [7, 11) is 0. The molecule has 0 aliphatic heterocycles. The van der Waals surface area contributed by atoms with Crippen LogP contribution in [0.25, 0.3) is 0 Å². The van der Waals surface area contributed by atoms with E-state index in [1.165, 1.54) is 13.8 Å². The molecule has 0 N–H and O–H groups in total. The largest absolute Gasteiger partial charge is 0.296 e. The molecule has 0 aliphatic rings. The van der Waals surface area contributed by atoms with Crippen LogP contribution in [0.1, 0.15) is 25.0 Å². The molecular weight excluding hydrogens is 215 g/mol. The predicted octanol–water partition coefficient (Wildman–Crippen LogP) is 3.51. The lowest BCUT2D eigenvalue weighted by Crippen LogP contribution is -2.27. The van der Waals surface area contributed by atoms with Gasteiger partial charge in [0, 0.05) is 11.4 Å². The van der Waals surface area contributed by atoms with Crippen molar-refractivity contribution in [2.45, 2.75) is 32.9 Å². The van der Waals surface area contributed by atoms with Crippen LogP contribution in [0.4, 0.5) is 4.39 Å². The third kappa shape index (κ3) is 3.31. The molecule has 0 aliphatic carbocycles. The highest BCUT2D eigenvalue weighted by Gasteiger charge is 2.26. The Morgan fingerprint density at radius 3 is 2.53 bits per heavy atom. The first-order valence-electron chi connectivity index (χ1n) is 4.78. The zero-order valence-electron chi connectivity index (χ0n) is 9.10. The lowest BCUT2D eigenvalue weighted by Gasteiger charge is -2.12. The molecule has 0 heterocycles. The summed E-state index contributed by atoms with van der Waals surface area (Å²) in [6.45, 7) is 4.41. The number of carbonyl (C=O) groups is 1. The molecular formula is C12H14ClFO. The molecule has 0 unspecified atom stereocenters. The first kappa shape index (κ1) is 12.2. The van der Waals surface area contributed by atoms with Gasteiger partial charge in [-0.1, -0.05) is 23.7 Å². The Hall–Kier alpha value is -0.890. The van der Waals surface area contributed by atoms with E-state index in [0.29, 0.717) is 5.02 Å². The Kier molecular flexibility index (Phi) is 3.50. The maximum absolute atomic E-state index is 13.3. The van der Waals surface area contributed by atoms with E-state index < -0.39 is 11.5 Å². The molecule has 0 spiro atoms. The van der Waals surface area contributed by atoms with Crippen molar-refractivity contribution in [2.24, 2.45) is 0 Å². The van der Waals surface area contributed by atoms with Crippen LogP contribution in [-0.4, -0.2) is 11.5 Å². The standard InChI is InChI=1S/C12H14ClFO/c1-8-6-9(4-5-10(8)13)7-11(15)12(2,3)14/h4-6H,7H2,1-3H3.